The smallest absolute Gasteiger partial charge is 0.145 e. The first-order valence-electron chi connectivity index (χ1n) is 11.4. The third kappa shape index (κ3) is 5.73. The van der Waals surface area contributed by atoms with Crippen molar-refractivity contribution in [2.45, 2.75) is 19.4 Å². The van der Waals surface area contributed by atoms with E-state index in [-0.39, 0.29) is 0 Å². The summed E-state index contributed by atoms with van der Waals surface area (Å²) in [6.45, 7) is 2.80. The number of aromatic nitrogens is 3. The molecule has 2 aromatic heterocycles. The highest BCUT2D eigenvalue weighted by Crippen LogP contribution is 2.34. The average Bonchev–Trinajstić information content (AvgIpc) is 3.69. The van der Waals surface area contributed by atoms with Crippen molar-refractivity contribution in [1.82, 2.24) is 20.3 Å². The second-order valence-corrected chi connectivity index (χ2v) is 8.66. The van der Waals surface area contributed by atoms with E-state index >= 15 is 0 Å². The van der Waals surface area contributed by atoms with Gasteiger partial charge in [-0.2, -0.15) is 0 Å². The zero-order chi connectivity index (χ0) is 23.2. The lowest BCUT2D eigenvalue weighted by Gasteiger charge is -2.14. The second-order valence-electron chi connectivity index (χ2n) is 8.25. The Hall–Kier alpha value is -3.42. The maximum absolute atomic E-state index is 6.49. The predicted octanol–water partition coefficient (Wildman–Crippen LogP) is 5.38. The van der Waals surface area contributed by atoms with Gasteiger partial charge < -0.3 is 20.1 Å². The van der Waals surface area contributed by atoms with Crippen molar-refractivity contribution >= 4 is 34.0 Å². The third-order valence-corrected chi connectivity index (χ3v) is 5.88. The van der Waals surface area contributed by atoms with Gasteiger partial charge in [0, 0.05) is 18.4 Å². The number of nitrogens with zero attached hydrogens (tertiary/aromatic N) is 3. The Morgan fingerprint density at radius 2 is 1.88 bits per heavy atom. The van der Waals surface area contributed by atoms with Crippen LogP contribution in [-0.4, -0.2) is 34.6 Å². The lowest BCUT2D eigenvalue weighted by molar-refractivity contribution is 0.301. The maximum Gasteiger partial charge on any atom is 0.145 e. The zero-order valence-electron chi connectivity index (χ0n) is 18.7. The monoisotopic (exact) mass is 475 g/mol. The largest absolute Gasteiger partial charge is 0.491 e. The number of halogens is 1. The first kappa shape index (κ1) is 22.4. The standard InChI is InChI=1S/C26H26ClN5O2/c27-21-14-19(9-10-23(21)34-16-20-4-1-2-11-29-20)32-26-25-22(30-17-31-26)5-3-6-24(25)33-13-12-28-15-18-7-8-18/h1-6,9-11,14,17-18,28H,7-8,12-13,15-16H2,(H,30,31,32). The van der Waals surface area contributed by atoms with Gasteiger partial charge in [0.25, 0.3) is 0 Å². The number of benzene rings is 2. The molecule has 2 heterocycles. The van der Waals surface area contributed by atoms with Gasteiger partial charge in [-0.05, 0) is 67.8 Å². The summed E-state index contributed by atoms with van der Waals surface area (Å²) < 4.78 is 11.9. The Kier molecular flexibility index (Phi) is 7.02. The number of rotatable bonds is 11. The highest BCUT2D eigenvalue weighted by Gasteiger charge is 2.20. The number of hydrogen-bond donors (Lipinski definition) is 2. The number of hydrogen-bond acceptors (Lipinski definition) is 7. The molecule has 1 saturated carbocycles. The second kappa shape index (κ2) is 10.7. The highest BCUT2D eigenvalue weighted by atomic mass is 35.5. The van der Waals surface area contributed by atoms with Gasteiger partial charge >= 0.3 is 0 Å². The molecule has 0 radical (unpaired) electrons. The van der Waals surface area contributed by atoms with E-state index < -0.39 is 0 Å². The lowest BCUT2D eigenvalue weighted by atomic mass is 10.2. The molecule has 0 bridgehead atoms. The molecule has 2 aromatic carbocycles. The van der Waals surface area contributed by atoms with Gasteiger partial charge in [-0.3, -0.25) is 4.98 Å². The fourth-order valence-corrected chi connectivity index (χ4v) is 3.86. The van der Waals surface area contributed by atoms with Crippen LogP contribution in [0.25, 0.3) is 10.9 Å². The van der Waals surface area contributed by atoms with E-state index in [1.54, 1.807) is 6.20 Å². The van der Waals surface area contributed by atoms with E-state index in [9.17, 15) is 0 Å². The minimum absolute atomic E-state index is 0.347. The van der Waals surface area contributed by atoms with E-state index in [2.05, 4.69) is 25.6 Å². The van der Waals surface area contributed by atoms with Crippen LogP contribution in [0.5, 0.6) is 11.5 Å². The molecule has 0 saturated heterocycles. The van der Waals surface area contributed by atoms with Crippen LogP contribution in [0.1, 0.15) is 18.5 Å². The number of nitrogens with one attached hydrogen (secondary N) is 2. The zero-order valence-corrected chi connectivity index (χ0v) is 19.5. The SMILES string of the molecule is Clc1cc(Nc2ncnc3cccc(OCCNCC4CC4)c23)ccc1OCc1ccccn1. The fraction of sp³-hybridized carbons (Fsp3) is 0.269. The average molecular weight is 476 g/mol. The van der Waals surface area contributed by atoms with E-state index in [1.165, 1.54) is 19.2 Å². The summed E-state index contributed by atoms with van der Waals surface area (Å²) in [4.78, 5) is 13.1. The van der Waals surface area contributed by atoms with E-state index in [0.717, 1.165) is 47.0 Å². The molecule has 0 amide bonds. The van der Waals surface area contributed by atoms with Gasteiger partial charge in [0.1, 0.15) is 36.9 Å². The molecule has 34 heavy (non-hydrogen) atoms. The predicted molar refractivity (Wildman–Crippen MR) is 134 cm³/mol. The minimum Gasteiger partial charge on any atom is -0.491 e. The topological polar surface area (TPSA) is 81.2 Å². The van der Waals surface area contributed by atoms with Gasteiger partial charge in [-0.15, -0.1) is 0 Å². The summed E-state index contributed by atoms with van der Waals surface area (Å²) in [5.74, 6) is 2.84. The molecule has 0 spiro atoms. The molecule has 0 aliphatic heterocycles. The van der Waals surface area contributed by atoms with Crippen LogP contribution in [0.3, 0.4) is 0 Å². The molecule has 5 rings (SSSR count). The summed E-state index contributed by atoms with van der Waals surface area (Å²) in [6.07, 6.45) is 5.95. The summed E-state index contributed by atoms with van der Waals surface area (Å²) in [5, 5.41) is 8.13. The molecule has 174 valence electrons. The van der Waals surface area contributed by atoms with Gasteiger partial charge in [-0.25, -0.2) is 9.97 Å². The molecule has 0 atom stereocenters. The van der Waals surface area contributed by atoms with Crippen molar-refractivity contribution in [3.05, 3.63) is 77.8 Å². The van der Waals surface area contributed by atoms with E-state index in [1.807, 2.05) is 54.6 Å². The van der Waals surface area contributed by atoms with Crippen molar-refractivity contribution < 1.29 is 9.47 Å². The first-order valence-corrected chi connectivity index (χ1v) is 11.8. The summed E-state index contributed by atoms with van der Waals surface area (Å²) in [6, 6.07) is 17.1. The summed E-state index contributed by atoms with van der Waals surface area (Å²) in [7, 11) is 0. The number of anilines is 2. The highest BCUT2D eigenvalue weighted by molar-refractivity contribution is 6.32. The van der Waals surface area contributed by atoms with Gasteiger partial charge in [-0.1, -0.05) is 23.7 Å². The molecule has 8 heteroatoms. The number of fused-ring (bicyclic) bond motifs is 1. The molecule has 0 unspecified atom stereocenters. The van der Waals surface area contributed by atoms with Crippen LogP contribution in [0.2, 0.25) is 5.02 Å². The Bertz CT molecular complexity index is 1250. The molecule has 7 nitrogen and oxygen atoms in total. The molecule has 4 aromatic rings. The lowest BCUT2D eigenvalue weighted by Crippen LogP contribution is -2.23. The Balaban J connectivity index is 1.28. The molecule has 2 N–H and O–H groups in total. The molecule has 1 fully saturated rings. The van der Waals surface area contributed by atoms with Crippen LogP contribution in [0, 0.1) is 5.92 Å². The third-order valence-electron chi connectivity index (χ3n) is 5.59. The van der Waals surface area contributed by atoms with Crippen LogP contribution in [0.4, 0.5) is 11.5 Å². The Labute approximate surface area is 203 Å². The van der Waals surface area contributed by atoms with Crippen LogP contribution in [-0.2, 0) is 6.61 Å². The summed E-state index contributed by atoms with van der Waals surface area (Å²) in [5.41, 5.74) is 2.43. The van der Waals surface area contributed by atoms with E-state index in [4.69, 9.17) is 21.1 Å². The normalized spacial score (nSPS) is 13.1. The van der Waals surface area contributed by atoms with Crippen LogP contribution in [0.15, 0.2) is 67.1 Å². The quantitative estimate of drug-likeness (QED) is 0.282. The maximum atomic E-state index is 6.49. The molecule has 1 aliphatic rings. The van der Waals surface area contributed by atoms with E-state index in [0.29, 0.717) is 29.8 Å². The summed E-state index contributed by atoms with van der Waals surface area (Å²) >= 11 is 6.49. The van der Waals surface area contributed by atoms with Gasteiger partial charge in [0.05, 0.1) is 21.6 Å². The molecular formula is C26H26ClN5O2. The first-order chi connectivity index (χ1) is 16.8. The molecular weight excluding hydrogens is 450 g/mol. The Morgan fingerprint density at radius 1 is 0.941 bits per heavy atom. The van der Waals surface area contributed by atoms with Gasteiger partial charge in [0.2, 0.25) is 0 Å². The minimum atomic E-state index is 0.347. The van der Waals surface area contributed by atoms with Crippen molar-refractivity contribution in [3.8, 4) is 11.5 Å². The van der Waals surface area contributed by atoms with Crippen molar-refractivity contribution in [1.29, 1.82) is 0 Å². The number of pyridine rings is 1. The Morgan fingerprint density at radius 3 is 2.71 bits per heavy atom. The van der Waals surface area contributed by atoms with Gasteiger partial charge in [0.15, 0.2) is 0 Å². The van der Waals surface area contributed by atoms with Crippen LogP contribution < -0.4 is 20.1 Å². The van der Waals surface area contributed by atoms with Crippen molar-refractivity contribution in [2.75, 3.05) is 25.0 Å². The fourth-order valence-electron chi connectivity index (χ4n) is 3.62. The molecule has 1 aliphatic carbocycles. The van der Waals surface area contributed by atoms with Crippen molar-refractivity contribution in [2.24, 2.45) is 5.92 Å². The van der Waals surface area contributed by atoms with Crippen molar-refractivity contribution in [3.63, 3.8) is 0 Å². The van der Waals surface area contributed by atoms with Crippen LogP contribution >= 0.6 is 11.6 Å². The number of ether oxygens (including phenoxy) is 2.